The molecule has 0 amide bonds. The lowest BCUT2D eigenvalue weighted by Crippen LogP contribution is -2.41. The number of nitrogens with zero attached hydrogens (tertiary/aromatic N) is 2. The van der Waals surface area contributed by atoms with Gasteiger partial charge < -0.3 is 0 Å². The maximum atomic E-state index is 13.6. The highest BCUT2D eigenvalue weighted by Gasteiger charge is 2.31. The first-order valence-electron chi connectivity index (χ1n) is 6.42. The van der Waals surface area contributed by atoms with Crippen LogP contribution in [0.3, 0.4) is 0 Å². The minimum Gasteiger partial charge on any atom is -0.258 e. The van der Waals surface area contributed by atoms with Gasteiger partial charge in [-0.25, -0.2) is 8.42 Å². The third-order valence-corrected chi connectivity index (χ3v) is 6.54. The highest BCUT2D eigenvalue weighted by Crippen LogP contribution is 2.28. The molecule has 2 rings (SSSR count). The molecule has 1 atom stereocenters. The molecule has 1 aliphatic rings. The second-order valence-electron chi connectivity index (χ2n) is 4.63. The summed E-state index contributed by atoms with van der Waals surface area (Å²) in [6.45, 7) is 2.73. The molecule has 1 aromatic rings. The Morgan fingerprint density at radius 1 is 1.52 bits per heavy atom. The first-order valence-corrected chi connectivity index (χ1v) is 8.91. The Morgan fingerprint density at radius 3 is 2.81 bits per heavy atom. The molecule has 0 spiro atoms. The van der Waals surface area contributed by atoms with Crippen molar-refractivity contribution >= 4 is 27.5 Å². The van der Waals surface area contributed by atoms with Crippen molar-refractivity contribution in [3.05, 3.63) is 34.1 Å². The monoisotopic (exact) mass is 334 g/mol. The summed E-state index contributed by atoms with van der Waals surface area (Å²) in [4.78, 5) is 9.45. The van der Waals surface area contributed by atoms with Gasteiger partial charge in [0.25, 0.3) is 0 Å². The van der Waals surface area contributed by atoms with Crippen molar-refractivity contribution < 1.29 is 17.7 Å². The average Bonchev–Trinajstić information content (AvgIpc) is 2.46. The zero-order valence-corrected chi connectivity index (χ0v) is 13.0. The fourth-order valence-corrected chi connectivity index (χ4v) is 4.99. The zero-order valence-electron chi connectivity index (χ0n) is 11.4. The summed E-state index contributed by atoms with van der Waals surface area (Å²) in [6.07, 6.45) is 0.852. The van der Waals surface area contributed by atoms with Gasteiger partial charge >= 0.3 is 5.69 Å². The molecule has 0 bridgehead atoms. The van der Waals surface area contributed by atoms with Crippen LogP contribution in [-0.4, -0.2) is 41.7 Å². The maximum Gasteiger partial charge on any atom is 0.304 e. The molecule has 0 N–H and O–H groups in total. The van der Waals surface area contributed by atoms with Crippen LogP contribution >= 0.6 is 11.8 Å². The molecule has 0 aliphatic carbocycles. The van der Waals surface area contributed by atoms with Gasteiger partial charge in [0.15, 0.2) is 0 Å². The summed E-state index contributed by atoms with van der Waals surface area (Å²) in [6, 6.07) is 2.69. The summed E-state index contributed by atoms with van der Waals surface area (Å²) in [5, 5.41) is 10.8. The van der Waals surface area contributed by atoms with Crippen LogP contribution in [-0.2, 0) is 10.0 Å². The Balaban J connectivity index is 2.31. The van der Waals surface area contributed by atoms with Crippen LogP contribution < -0.4 is 0 Å². The van der Waals surface area contributed by atoms with Crippen LogP contribution in [0.2, 0.25) is 0 Å². The molecule has 116 valence electrons. The van der Waals surface area contributed by atoms with Crippen LogP contribution in [0.5, 0.6) is 0 Å². The normalized spacial score (nSPS) is 20.4. The van der Waals surface area contributed by atoms with E-state index < -0.39 is 26.5 Å². The summed E-state index contributed by atoms with van der Waals surface area (Å²) in [5.41, 5.74) is -0.727. The maximum absolute atomic E-state index is 13.6. The topological polar surface area (TPSA) is 80.5 Å². The minimum absolute atomic E-state index is 0.219. The number of hydrogen-bond acceptors (Lipinski definition) is 5. The molecule has 6 nitrogen and oxygen atoms in total. The lowest BCUT2D eigenvalue weighted by Gasteiger charge is -2.31. The van der Waals surface area contributed by atoms with E-state index in [2.05, 4.69) is 0 Å². The lowest BCUT2D eigenvalue weighted by atomic mass is 10.3. The van der Waals surface area contributed by atoms with Crippen LogP contribution in [0.15, 0.2) is 23.1 Å². The molecule has 1 saturated heterocycles. The number of nitro groups is 1. The van der Waals surface area contributed by atoms with Crippen molar-refractivity contribution in [1.82, 2.24) is 4.31 Å². The highest BCUT2D eigenvalue weighted by atomic mass is 32.2. The first kappa shape index (κ1) is 16.2. The van der Waals surface area contributed by atoms with Crippen molar-refractivity contribution in [2.24, 2.45) is 0 Å². The van der Waals surface area contributed by atoms with E-state index in [4.69, 9.17) is 0 Å². The van der Waals surface area contributed by atoms with Gasteiger partial charge in [0, 0.05) is 36.2 Å². The first-order chi connectivity index (χ1) is 9.86. The predicted molar refractivity (Wildman–Crippen MR) is 78.4 cm³/mol. The van der Waals surface area contributed by atoms with Crippen LogP contribution in [0.25, 0.3) is 0 Å². The van der Waals surface area contributed by atoms with Gasteiger partial charge in [0.05, 0.1) is 9.82 Å². The van der Waals surface area contributed by atoms with Gasteiger partial charge in [0.1, 0.15) is 0 Å². The fourth-order valence-electron chi connectivity index (χ4n) is 2.10. The molecule has 0 aromatic heterocycles. The molecule has 0 radical (unpaired) electrons. The number of sulfonamides is 1. The molecular weight excluding hydrogens is 319 g/mol. The molecule has 1 fully saturated rings. The number of thioether (sulfide) groups is 1. The fraction of sp³-hybridized carbons (Fsp3) is 0.500. The van der Waals surface area contributed by atoms with E-state index in [0.29, 0.717) is 18.8 Å². The summed E-state index contributed by atoms with van der Waals surface area (Å²) < 4.78 is 39.9. The van der Waals surface area contributed by atoms with Gasteiger partial charge in [0.2, 0.25) is 15.8 Å². The minimum atomic E-state index is -3.81. The highest BCUT2D eigenvalue weighted by molar-refractivity contribution is 8.00. The molecule has 1 heterocycles. The van der Waals surface area contributed by atoms with E-state index in [1.165, 1.54) is 4.31 Å². The van der Waals surface area contributed by atoms with Crippen molar-refractivity contribution in [3.63, 3.8) is 0 Å². The van der Waals surface area contributed by atoms with E-state index >= 15 is 0 Å². The SMILES string of the molecule is CCC1CN(S(=O)(=O)c2ccc([N+](=O)[O-])c(F)c2)CCS1. The number of halogens is 1. The number of hydrogen-bond donors (Lipinski definition) is 0. The van der Waals surface area contributed by atoms with Gasteiger partial charge in [-0.3, -0.25) is 10.1 Å². The van der Waals surface area contributed by atoms with E-state index in [1.807, 2.05) is 6.92 Å². The number of benzene rings is 1. The second-order valence-corrected chi connectivity index (χ2v) is 7.98. The smallest absolute Gasteiger partial charge is 0.258 e. The largest absolute Gasteiger partial charge is 0.304 e. The molecule has 1 aliphatic heterocycles. The van der Waals surface area contributed by atoms with Crippen molar-refractivity contribution in [1.29, 1.82) is 0 Å². The summed E-state index contributed by atoms with van der Waals surface area (Å²) in [5.74, 6) is -0.452. The lowest BCUT2D eigenvalue weighted by molar-refractivity contribution is -0.387. The average molecular weight is 334 g/mol. The quantitative estimate of drug-likeness (QED) is 0.623. The zero-order chi connectivity index (χ0) is 15.6. The summed E-state index contributed by atoms with van der Waals surface area (Å²) >= 11 is 1.72. The van der Waals surface area contributed by atoms with E-state index in [9.17, 15) is 22.9 Å². The molecular formula is C12H15FN2O4S2. The van der Waals surface area contributed by atoms with Crippen LogP contribution in [0, 0.1) is 15.9 Å². The second kappa shape index (κ2) is 6.29. The third-order valence-electron chi connectivity index (χ3n) is 3.31. The van der Waals surface area contributed by atoms with Gasteiger partial charge in [-0.15, -0.1) is 0 Å². The third kappa shape index (κ3) is 3.35. The summed E-state index contributed by atoms with van der Waals surface area (Å²) in [7, 11) is -3.81. The van der Waals surface area contributed by atoms with E-state index in [1.54, 1.807) is 11.8 Å². The Bertz CT molecular complexity index is 651. The molecule has 0 saturated carbocycles. The Labute approximate surface area is 126 Å². The van der Waals surface area contributed by atoms with Gasteiger partial charge in [-0.2, -0.15) is 20.5 Å². The molecule has 1 unspecified atom stereocenters. The van der Waals surface area contributed by atoms with Gasteiger partial charge in [-0.1, -0.05) is 6.92 Å². The molecule has 9 heteroatoms. The van der Waals surface area contributed by atoms with Crippen molar-refractivity contribution in [3.8, 4) is 0 Å². The van der Waals surface area contributed by atoms with Crippen LogP contribution in [0.1, 0.15) is 13.3 Å². The Morgan fingerprint density at radius 2 is 2.24 bits per heavy atom. The number of rotatable bonds is 4. The number of nitro benzene ring substituents is 1. The predicted octanol–water partition coefficient (Wildman–Crippen LogP) is 2.25. The standard InChI is InChI=1S/C12H15FN2O4S2/c1-2-9-8-14(5-6-20-9)21(18,19)10-3-4-12(15(16)17)11(13)7-10/h3-4,7,9H,2,5-6,8H2,1H3. The van der Waals surface area contributed by atoms with Gasteiger partial charge in [-0.05, 0) is 12.5 Å². The van der Waals surface area contributed by atoms with Crippen molar-refractivity contribution in [2.75, 3.05) is 18.8 Å². The molecule has 21 heavy (non-hydrogen) atoms. The van der Waals surface area contributed by atoms with Crippen molar-refractivity contribution in [2.45, 2.75) is 23.5 Å². The van der Waals surface area contributed by atoms with E-state index in [-0.39, 0.29) is 10.1 Å². The van der Waals surface area contributed by atoms with Crippen LogP contribution in [0.4, 0.5) is 10.1 Å². The Kier molecular flexibility index (Phi) is 4.84. The van der Waals surface area contributed by atoms with E-state index in [0.717, 1.165) is 24.6 Å². The Hall–Kier alpha value is -1.19. The molecule has 1 aromatic carbocycles.